The summed E-state index contributed by atoms with van der Waals surface area (Å²) in [6.45, 7) is 4.66. The molecule has 2 rings (SSSR count). The maximum atomic E-state index is 2.39. The van der Waals surface area contributed by atoms with E-state index in [9.17, 15) is 0 Å². The maximum Gasteiger partial charge on any atom is 0.00826 e. The fourth-order valence-electron chi connectivity index (χ4n) is 2.42. The Morgan fingerprint density at radius 1 is 1.31 bits per heavy atom. The molecule has 1 aromatic rings. The second-order valence-corrected chi connectivity index (χ2v) is 5.22. The van der Waals surface area contributed by atoms with E-state index in [2.05, 4.69) is 19.2 Å². The Morgan fingerprint density at radius 3 is 3.00 bits per heavy atom. The van der Waals surface area contributed by atoms with E-state index in [1.807, 2.05) is 11.3 Å². The largest absolute Gasteiger partial charge is 0.148 e. The lowest BCUT2D eigenvalue weighted by Crippen LogP contribution is -2.01. The summed E-state index contributed by atoms with van der Waals surface area (Å²) in [6.07, 6.45) is 6.99. The molecule has 0 saturated carbocycles. The third-order valence-corrected chi connectivity index (χ3v) is 4.32. The molecule has 72 valence electrons. The Morgan fingerprint density at radius 2 is 2.15 bits per heavy atom. The van der Waals surface area contributed by atoms with Gasteiger partial charge in [0.1, 0.15) is 0 Å². The third-order valence-electron chi connectivity index (χ3n) is 3.14. The van der Waals surface area contributed by atoms with Gasteiger partial charge in [-0.2, -0.15) is 0 Å². The molecule has 0 nitrogen and oxygen atoms in total. The minimum atomic E-state index is 0.807. The molecule has 0 saturated heterocycles. The zero-order valence-electron chi connectivity index (χ0n) is 8.60. The smallest absolute Gasteiger partial charge is 0.00826 e. The minimum Gasteiger partial charge on any atom is -0.148 e. The highest BCUT2D eigenvalue weighted by molar-refractivity contribution is 7.10. The van der Waals surface area contributed by atoms with E-state index >= 15 is 0 Å². The van der Waals surface area contributed by atoms with Crippen molar-refractivity contribution in [3.8, 4) is 0 Å². The molecule has 0 radical (unpaired) electrons. The lowest BCUT2D eigenvalue weighted by atomic mass is 9.89. The highest BCUT2D eigenvalue weighted by Crippen LogP contribution is 2.35. The van der Waals surface area contributed by atoms with Crippen molar-refractivity contribution in [1.82, 2.24) is 0 Å². The molecule has 0 N–H and O–H groups in total. The Hall–Kier alpha value is -0.300. The van der Waals surface area contributed by atoms with Gasteiger partial charge in [-0.1, -0.05) is 19.8 Å². The normalized spacial score (nSPS) is 23.4. The fraction of sp³-hybridized carbons (Fsp3) is 0.667. The quantitative estimate of drug-likeness (QED) is 0.578. The zero-order chi connectivity index (χ0) is 9.26. The summed E-state index contributed by atoms with van der Waals surface area (Å²) < 4.78 is 0. The van der Waals surface area contributed by atoms with Crippen molar-refractivity contribution in [2.45, 2.75) is 51.9 Å². The molecule has 0 bridgehead atoms. The third kappa shape index (κ3) is 1.80. The monoisotopic (exact) mass is 194 g/mol. The van der Waals surface area contributed by atoms with Gasteiger partial charge in [-0.15, -0.1) is 11.3 Å². The van der Waals surface area contributed by atoms with E-state index in [4.69, 9.17) is 0 Å². The van der Waals surface area contributed by atoms with E-state index in [1.54, 1.807) is 10.4 Å². The maximum absolute atomic E-state index is 2.39. The van der Waals surface area contributed by atoms with E-state index in [-0.39, 0.29) is 0 Å². The van der Waals surface area contributed by atoms with Crippen LogP contribution in [0, 0.1) is 6.92 Å². The van der Waals surface area contributed by atoms with Crippen LogP contribution in [0.4, 0.5) is 0 Å². The second-order valence-electron chi connectivity index (χ2n) is 4.26. The molecule has 1 atom stereocenters. The van der Waals surface area contributed by atoms with Gasteiger partial charge in [0, 0.05) is 4.88 Å². The average Bonchev–Trinajstić information content (AvgIpc) is 2.42. The molecule has 1 aromatic heterocycles. The van der Waals surface area contributed by atoms with Crippen LogP contribution in [0.3, 0.4) is 0 Å². The molecule has 0 amide bonds. The summed E-state index contributed by atoms with van der Waals surface area (Å²) >= 11 is 1.98. The van der Waals surface area contributed by atoms with Crippen molar-refractivity contribution >= 4 is 11.3 Å². The average molecular weight is 194 g/mol. The fourth-order valence-corrected chi connectivity index (χ4v) is 3.62. The van der Waals surface area contributed by atoms with Crippen LogP contribution >= 0.6 is 11.3 Å². The molecule has 13 heavy (non-hydrogen) atoms. The molecule has 0 aliphatic heterocycles. The first kappa shape index (κ1) is 9.26. The van der Waals surface area contributed by atoms with Gasteiger partial charge in [-0.3, -0.25) is 0 Å². The molecule has 1 aliphatic rings. The predicted molar refractivity (Wildman–Crippen MR) is 59.6 cm³/mol. The molecule has 1 aliphatic carbocycles. The molecule has 0 fully saturated rings. The van der Waals surface area contributed by atoms with Crippen LogP contribution < -0.4 is 0 Å². The van der Waals surface area contributed by atoms with Gasteiger partial charge in [0.15, 0.2) is 0 Å². The van der Waals surface area contributed by atoms with Crippen molar-refractivity contribution in [2.24, 2.45) is 0 Å². The summed E-state index contributed by atoms with van der Waals surface area (Å²) in [7, 11) is 0. The van der Waals surface area contributed by atoms with Gasteiger partial charge >= 0.3 is 0 Å². The van der Waals surface area contributed by atoms with Crippen LogP contribution in [0.15, 0.2) is 5.38 Å². The van der Waals surface area contributed by atoms with E-state index in [1.165, 1.54) is 37.7 Å². The lowest BCUT2D eigenvalue weighted by molar-refractivity contribution is 0.562. The Balaban J connectivity index is 2.34. The Bertz CT molecular complexity index is 285. The SMILES string of the molecule is Cc1csc2c1C(C)CCCCC2. The topological polar surface area (TPSA) is 0 Å². The number of fused-ring (bicyclic) bond motifs is 1. The van der Waals surface area contributed by atoms with Crippen LogP contribution in [0.25, 0.3) is 0 Å². The summed E-state index contributed by atoms with van der Waals surface area (Å²) in [5.74, 6) is 0.807. The predicted octanol–water partition coefficient (Wildman–Crippen LogP) is 4.28. The van der Waals surface area contributed by atoms with E-state index in [0.29, 0.717) is 0 Å². The number of thiophene rings is 1. The van der Waals surface area contributed by atoms with Crippen LogP contribution in [0.1, 0.15) is 54.5 Å². The standard InChI is InChI=1S/C12H18S/c1-9-6-4-3-5-7-11-12(9)10(2)8-13-11/h8-9H,3-7H2,1-2H3. The molecular formula is C12H18S. The van der Waals surface area contributed by atoms with Crippen LogP contribution in [-0.4, -0.2) is 0 Å². The minimum absolute atomic E-state index is 0.807. The molecular weight excluding hydrogens is 176 g/mol. The van der Waals surface area contributed by atoms with Crippen LogP contribution in [0.5, 0.6) is 0 Å². The van der Waals surface area contributed by atoms with Crippen molar-refractivity contribution in [3.05, 3.63) is 21.4 Å². The van der Waals surface area contributed by atoms with Gasteiger partial charge in [0.05, 0.1) is 0 Å². The Kier molecular flexibility index (Phi) is 2.73. The van der Waals surface area contributed by atoms with Crippen molar-refractivity contribution in [3.63, 3.8) is 0 Å². The lowest BCUT2D eigenvalue weighted by Gasteiger charge is -2.17. The van der Waals surface area contributed by atoms with Gasteiger partial charge in [-0.25, -0.2) is 0 Å². The van der Waals surface area contributed by atoms with Crippen molar-refractivity contribution < 1.29 is 0 Å². The second kappa shape index (κ2) is 3.83. The van der Waals surface area contributed by atoms with Gasteiger partial charge < -0.3 is 0 Å². The number of rotatable bonds is 0. The van der Waals surface area contributed by atoms with Crippen molar-refractivity contribution in [1.29, 1.82) is 0 Å². The van der Waals surface area contributed by atoms with Gasteiger partial charge in [-0.05, 0) is 48.6 Å². The Labute approximate surface area is 85.0 Å². The highest BCUT2D eigenvalue weighted by atomic mass is 32.1. The van der Waals surface area contributed by atoms with E-state index < -0.39 is 0 Å². The summed E-state index contributed by atoms with van der Waals surface area (Å²) in [5.41, 5.74) is 3.22. The molecule has 1 heteroatoms. The van der Waals surface area contributed by atoms with Gasteiger partial charge in [0.2, 0.25) is 0 Å². The molecule has 1 unspecified atom stereocenters. The number of aryl methyl sites for hydroxylation is 2. The van der Waals surface area contributed by atoms with Gasteiger partial charge in [0.25, 0.3) is 0 Å². The molecule has 1 heterocycles. The molecule has 0 aromatic carbocycles. The first-order valence-corrected chi connectivity index (χ1v) is 6.24. The van der Waals surface area contributed by atoms with Crippen LogP contribution in [0.2, 0.25) is 0 Å². The molecule has 0 spiro atoms. The number of hydrogen-bond donors (Lipinski definition) is 0. The highest BCUT2D eigenvalue weighted by Gasteiger charge is 2.16. The summed E-state index contributed by atoms with van der Waals surface area (Å²) in [5, 5.41) is 2.34. The van der Waals surface area contributed by atoms with E-state index in [0.717, 1.165) is 5.92 Å². The first-order chi connectivity index (χ1) is 6.29. The summed E-state index contributed by atoms with van der Waals surface area (Å²) in [4.78, 5) is 1.67. The van der Waals surface area contributed by atoms with Crippen molar-refractivity contribution in [2.75, 3.05) is 0 Å². The van der Waals surface area contributed by atoms with Crippen LogP contribution in [-0.2, 0) is 6.42 Å². The zero-order valence-corrected chi connectivity index (χ0v) is 9.41. The summed E-state index contributed by atoms with van der Waals surface area (Å²) in [6, 6.07) is 0. The number of hydrogen-bond acceptors (Lipinski definition) is 1. The first-order valence-electron chi connectivity index (χ1n) is 5.36.